The first-order valence-corrected chi connectivity index (χ1v) is 6.54. The third-order valence-corrected chi connectivity index (χ3v) is 3.14. The zero-order valence-corrected chi connectivity index (χ0v) is 10.4. The van der Waals surface area contributed by atoms with Crippen molar-refractivity contribution < 1.29 is 4.39 Å². The van der Waals surface area contributed by atoms with E-state index < -0.39 is 0 Å². The second-order valence-corrected chi connectivity index (χ2v) is 4.79. The fraction of sp³-hybridized carbons (Fsp3) is 0.385. The van der Waals surface area contributed by atoms with E-state index in [1.165, 1.54) is 6.07 Å². The van der Waals surface area contributed by atoms with Gasteiger partial charge in [0.2, 0.25) is 0 Å². The highest BCUT2D eigenvalue weighted by Crippen LogP contribution is 2.09. The van der Waals surface area contributed by atoms with E-state index in [9.17, 15) is 4.39 Å². The summed E-state index contributed by atoms with van der Waals surface area (Å²) in [6, 6.07) is 5.21. The number of halogens is 1. The number of thioether (sulfide) groups is 1. The number of benzene rings is 1. The van der Waals surface area contributed by atoms with Gasteiger partial charge in [-0.3, -0.25) is 0 Å². The Bertz CT molecular complexity index is 339. The molecule has 0 amide bonds. The van der Waals surface area contributed by atoms with Crippen molar-refractivity contribution in [3.63, 3.8) is 0 Å². The monoisotopic (exact) mass is 239 g/mol. The minimum atomic E-state index is -0.128. The van der Waals surface area contributed by atoms with Gasteiger partial charge in [-0.1, -0.05) is 23.8 Å². The topological polar surface area (TPSA) is 12.0 Å². The molecule has 0 unspecified atom stereocenters. The van der Waals surface area contributed by atoms with Crippen LogP contribution in [0, 0.1) is 12.7 Å². The zero-order chi connectivity index (χ0) is 11.8. The maximum absolute atomic E-state index is 13.3. The van der Waals surface area contributed by atoms with E-state index in [4.69, 9.17) is 0 Å². The van der Waals surface area contributed by atoms with E-state index >= 15 is 0 Å². The zero-order valence-electron chi connectivity index (χ0n) is 9.63. The van der Waals surface area contributed by atoms with Crippen molar-refractivity contribution in [1.29, 1.82) is 0 Å². The average Bonchev–Trinajstić information content (AvgIpc) is 2.28. The Morgan fingerprint density at radius 1 is 1.50 bits per heavy atom. The second-order valence-electron chi connectivity index (χ2n) is 3.64. The predicted octanol–water partition coefficient (Wildman–Crippen LogP) is 3.14. The molecule has 0 heterocycles. The van der Waals surface area contributed by atoms with Crippen LogP contribution in [-0.2, 0) is 6.54 Å². The van der Waals surface area contributed by atoms with Gasteiger partial charge >= 0.3 is 0 Å². The molecule has 0 spiro atoms. The maximum atomic E-state index is 13.3. The quantitative estimate of drug-likeness (QED) is 0.579. The van der Waals surface area contributed by atoms with Crippen molar-refractivity contribution in [2.45, 2.75) is 13.5 Å². The van der Waals surface area contributed by atoms with Crippen LogP contribution in [0.2, 0.25) is 0 Å². The number of hydrogen-bond acceptors (Lipinski definition) is 2. The summed E-state index contributed by atoms with van der Waals surface area (Å²) in [4.78, 5) is 0. The van der Waals surface area contributed by atoms with E-state index in [0.717, 1.165) is 29.2 Å². The van der Waals surface area contributed by atoms with Gasteiger partial charge in [-0.2, -0.15) is 11.8 Å². The molecule has 1 N–H and O–H groups in total. The van der Waals surface area contributed by atoms with Crippen molar-refractivity contribution in [3.8, 4) is 0 Å². The molecule has 1 nitrogen and oxygen atoms in total. The maximum Gasteiger partial charge on any atom is 0.127 e. The van der Waals surface area contributed by atoms with Gasteiger partial charge in [0, 0.05) is 30.2 Å². The van der Waals surface area contributed by atoms with Crippen LogP contribution in [0.5, 0.6) is 0 Å². The summed E-state index contributed by atoms with van der Waals surface area (Å²) in [6.07, 6.45) is 1.89. The van der Waals surface area contributed by atoms with E-state index in [1.807, 2.05) is 30.8 Å². The SMILES string of the molecule is C=CCSCCNCc1cc(C)ccc1F. The molecule has 1 rings (SSSR count). The van der Waals surface area contributed by atoms with Crippen molar-refractivity contribution in [2.75, 3.05) is 18.1 Å². The van der Waals surface area contributed by atoms with Crippen LogP contribution in [0.4, 0.5) is 4.39 Å². The third-order valence-electron chi connectivity index (χ3n) is 2.18. The highest BCUT2D eigenvalue weighted by Gasteiger charge is 2.00. The molecule has 0 saturated heterocycles. The van der Waals surface area contributed by atoms with Crippen molar-refractivity contribution in [3.05, 3.63) is 47.8 Å². The molecule has 1 aromatic rings. The largest absolute Gasteiger partial charge is 0.312 e. The van der Waals surface area contributed by atoms with E-state index in [-0.39, 0.29) is 5.82 Å². The fourth-order valence-corrected chi connectivity index (χ4v) is 2.00. The van der Waals surface area contributed by atoms with Crippen LogP contribution >= 0.6 is 11.8 Å². The van der Waals surface area contributed by atoms with Crippen LogP contribution in [0.15, 0.2) is 30.9 Å². The first-order chi connectivity index (χ1) is 7.74. The molecule has 0 aromatic heterocycles. The normalized spacial score (nSPS) is 10.4. The number of aryl methyl sites for hydroxylation is 1. The molecule has 0 aliphatic heterocycles. The standard InChI is InChI=1S/C13H18FNS/c1-3-7-16-8-6-15-10-12-9-11(2)4-5-13(12)14/h3-5,9,15H,1,6-8,10H2,2H3. The number of rotatable bonds is 7. The lowest BCUT2D eigenvalue weighted by Crippen LogP contribution is -2.17. The van der Waals surface area contributed by atoms with Crippen LogP contribution in [0.1, 0.15) is 11.1 Å². The Hall–Kier alpha value is -0.800. The molecular weight excluding hydrogens is 221 g/mol. The lowest BCUT2D eigenvalue weighted by molar-refractivity contribution is 0.593. The molecule has 0 aliphatic rings. The summed E-state index contributed by atoms with van der Waals surface area (Å²) in [7, 11) is 0. The van der Waals surface area contributed by atoms with E-state index in [1.54, 1.807) is 6.07 Å². The number of hydrogen-bond donors (Lipinski definition) is 1. The van der Waals surface area contributed by atoms with Crippen molar-refractivity contribution in [1.82, 2.24) is 5.32 Å². The Kier molecular flexibility index (Phi) is 6.19. The van der Waals surface area contributed by atoms with Crippen LogP contribution in [0.25, 0.3) is 0 Å². The Balaban J connectivity index is 2.26. The Morgan fingerprint density at radius 2 is 2.31 bits per heavy atom. The summed E-state index contributed by atoms with van der Waals surface area (Å²) < 4.78 is 13.3. The molecular formula is C13H18FNS. The minimum absolute atomic E-state index is 0.128. The molecule has 1 aromatic carbocycles. The van der Waals surface area contributed by atoms with Gasteiger partial charge in [0.05, 0.1) is 0 Å². The van der Waals surface area contributed by atoms with Gasteiger partial charge in [0.1, 0.15) is 5.82 Å². The summed E-state index contributed by atoms with van der Waals surface area (Å²) in [6.45, 7) is 7.13. The first-order valence-electron chi connectivity index (χ1n) is 5.38. The lowest BCUT2D eigenvalue weighted by atomic mass is 10.1. The van der Waals surface area contributed by atoms with Gasteiger partial charge < -0.3 is 5.32 Å². The smallest absolute Gasteiger partial charge is 0.127 e. The Labute approximate surface area is 101 Å². The minimum Gasteiger partial charge on any atom is -0.312 e. The first kappa shape index (κ1) is 13.3. The van der Waals surface area contributed by atoms with Gasteiger partial charge in [0.15, 0.2) is 0 Å². The van der Waals surface area contributed by atoms with Gasteiger partial charge in [-0.25, -0.2) is 4.39 Å². The molecule has 88 valence electrons. The van der Waals surface area contributed by atoms with Gasteiger partial charge in [-0.05, 0) is 13.0 Å². The highest BCUT2D eigenvalue weighted by molar-refractivity contribution is 7.99. The molecule has 0 bridgehead atoms. The number of nitrogens with one attached hydrogen (secondary N) is 1. The summed E-state index contributed by atoms with van der Waals surface area (Å²) >= 11 is 1.82. The molecule has 0 fully saturated rings. The molecule has 0 saturated carbocycles. The average molecular weight is 239 g/mol. The van der Waals surface area contributed by atoms with Gasteiger partial charge in [-0.15, -0.1) is 6.58 Å². The highest BCUT2D eigenvalue weighted by atomic mass is 32.2. The van der Waals surface area contributed by atoms with Crippen molar-refractivity contribution in [2.24, 2.45) is 0 Å². The third kappa shape index (κ3) is 4.81. The molecule has 16 heavy (non-hydrogen) atoms. The summed E-state index contributed by atoms with van der Waals surface area (Å²) in [5, 5.41) is 3.23. The Morgan fingerprint density at radius 3 is 3.06 bits per heavy atom. The van der Waals surface area contributed by atoms with Crippen LogP contribution in [0.3, 0.4) is 0 Å². The van der Waals surface area contributed by atoms with E-state index in [0.29, 0.717) is 6.54 Å². The molecule has 0 aliphatic carbocycles. The van der Waals surface area contributed by atoms with Crippen molar-refractivity contribution >= 4 is 11.8 Å². The molecule has 0 radical (unpaired) electrons. The lowest BCUT2D eigenvalue weighted by Gasteiger charge is -2.06. The van der Waals surface area contributed by atoms with E-state index in [2.05, 4.69) is 11.9 Å². The van der Waals surface area contributed by atoms with Crippen LogP contribution in [-0.4, -0.2) is 18.1 Å². The summed E-state index contributed by atoms with van der Waals surface area (Å²) in [5.74, 6) is 1.87. The summed E-state index contributed by atoms with van der Waals surface area (Å²) in [5.41, 5.74) is 1.84. The molecule has 0 atom stereocenters. The predicted molar refractivity (Wildman–Crippen MR) is 70.4 cm³/mol. The molecule has 3 heteroatoms. The van der Waals surface area contributed by atoms with Crippen LogP contribution < -0.4 is 5.32 Å². The fourth-order valence-electron chi connectivity index (χ4n) is 1.37. The second kappa shape index (κ2) is 7.47. The van der Waals surface area contributed by atoms with Gasteiger partial charge in [0.25, 0.3) is 0 Å².